The summed E-state index contributed by atoms with van der Waals surface area (Å²) in [7, 11) is 0. The van der Waals surface area contributed by atoms with Crippen LogP contribution in [-0.2, 0) is 22.4 Å². The second-order valence-electron chi connectivity index (χ2n) is 11.0. The van der Waals surface area contributed by atoms with Gasteiger partial charge in [-0.1, -0.05) is 12.2 Å². The Kier molecular flexibility index (Phi) is 7.73. The third-order valence-corrected chi connectivity index (χ3v) is 8.55. The highest BCUT2D eigenvalue weighted by atomic mass is 16.4. The highest BCUT2D eigenvalue weighted by Crippen LogP contribution is 2.22. The molecule has 4 aromatic rings. The lowest BCUT2D eigenvalue weighted by Crippen LogP contribution is -2.24. The van der Waals surface area contributed by atoms with Crippen LogP contribution >= 0.6 is 0 Å². The van der Waals surface area contributed by atoms with E-state index in [1.165, 1.54) is 0 Å². The Morgan fingerprint density at radius 2 is 1.02 bits per heavy atom. The molecule has 1 aliphatic rings. The van der Waals surface area contributed by atoms with Crippen LogP contribution in [-0.4, -0.2) is 42.1 Å². The van der Waals surface area contributed by atoms with Crippen LogP contribution in [0.15, 0.2) is 0 Å². The largest absolute Gasteiger partial charge is 0.481 e. The first-order chi connectivity index (χ1) is 20.0. The molecule has 0 radical (unpaired) electrons. The van der Waals surface area contributed by atoms with E-state index in [4.69, 9.17) is 0 Å². The van der Waals surface area contributed by atoms with Crippen molar-refractivity contribution in [2.45, 2.75) is 67.2 Å². The number of carboxylic acids is 2. The molecule has 218 valence electrons. The summed E-state index contributed by atoms with van der Waals surface area (Å²) in [4.78, 5) is 37.4. The highest BCUT2D eigenvalue weighted by Gasteiger charge is 2.16. The van der Waals surface area contributed by atoms with E-state index in [0.717, 1.165) is 88.0 Å². The number of H-pyrrole nitrogens is 4. The number of fused-ring (bicyclic) bond motifs is 8. The molecule has 0 amide bonds. The molecule has 0 aromatic carbocycles. The lowest BCUT2D eigenvalue weighted by Gasteiger charge is -2.01. The Morgan fingerprint density at radius 1 is 0.571 bits per heavy atom. The molecule has 8 nitrogen and oxygen atoms in total. The molecule has 0 spiro atoms. The van der Waals surface area contributed by atoms with Crippen LogP contribution in [0.25, 0.3) is 36.5 Å². The number of aromatic nitrogens is 4. The number of nitrogens with one attached hydrogen (secondary N) is 4. The van der Waals surface area contributed by atoms with Gasteiger partial charge >= 0.3 is 11.9 Å². The van der Waals surface area contributed by atoms with Crippen molar-refractivity contribution in [1.29, 1.82) is 0 Å². The Balaban J connectivity index is 1.94. The molecule has 5 rings (SSSR count). The molecule has 0 atom stereocenters. The van der Waals surface area contributed by atoms with Gasteiger partial charge in [0.15, 0.2) is 0 Å². The van der Waals surface area contributed by atoms with Crippen LogP contribution in [0, 0.1) is 27.7 Å². The first-order valence-electron chi connectivity index (χ1n) is 14.3. The van der Waals surface area contributed by atoms with Crippen molar-refractivity contribution in [1.82, 2.24) is 19.9 Å². The second kappa shape index (κ2) is 11.3. The summed E-state index contributed by atoms with van der Waals surface area (Å²) in [5.74, 6) is -1.71. The summed E-state index contributed by atoms with van der Waals surface area (Å²) >= 11 is 0. The van der Waals surface area contributed by atoms with Crippen LogP contribution in [0.2, 0.25) is 0 Å². The van der Waals surface area contributed by atoms with Crippen molar-refractivity contribution < 1.29 is 19.8 Å². The standard InChI is InChI=1S/C34H38N4O4/c1-7-21-17(3)25-13-26-19(5)23(9-11-33(39)40)31(37-26)16-32-24(10-12-34(41)42)20(6)28(38-32)15-30-22(8-2)18(4)27(36-30)14-29(21)35-25/h7-8,13-16,35-38H,9-12H2,1-6H3,(H,39,40)(H,41,42). The molecule has 0 fully saturated rings. The van der Waals surface area contributed by atoms with E-state index in [9.17, 15) is 19.8 Å². The third kappa shape index (κ3) is 5.20. The van der Waals surface area contributed by atoms with E-state index in [0.29, 0.717) is 12.8 Å². The van der Waals surface area contributed by atoms with Crippen LogP contribution < -0.4 is 31.8 Å². The predicted molar refractivity (Wildman–Crippen MR) is 166 cm³/mol. The first-order valence-corrected chi connectivity index (χ1v) is 14.3. The lowest BCUT2D eigenvalue weighted by atomic mass is 10.0. The minimum atomic E-state index is -0.854. The molecule has 42 heavy (non-hydrogen) atoms. The molecule has 5 heterocycles. The lowest BCUT2D eigenvalue weighted by molar-refractivity contribution is -0.138. The summed E-state index contributed by atoms with van der Waals surface area (Å²) in [6.45, 7) is 12.3. The molecule has 0 aliphatic carbocycles. The van der Waals surface area contributed by atoms with Crippen molar-refractivity contribution in [3.8, 4) is 0 Å². The fraction of sp³-hybridized carbons (Fsp3) is 0.294. The number of rotatable bonds is 6. The molecule has 8 heteroatoms. The van der Waals surface area contributed by atoms with Crippen LogP contribution in [0.3, 0.4) is 0 Å². The fourth-order valence-electron chi connectivity index (χ4n) is 6.15. The molecule has 0 saturated heterocycles. The van der Waals surface area contributed by atoms with Crippen molar-refractivity contribution in [2.75, 3.05) is 0 Å². The van der Waals surface area contributed by atoms with Gasteiger partial charge < -0.3 is 30.1 Å². The monoisotopic (exact) mass is 566 g/mol. The summed E-state index contributed by atoms with van der Waals surface area (Å²) in [6.07, 6.45) is 13.3. The quantitative estimate of drug-likeness (QED) is 0.186. The average Bonchev–Trinajstić information content (AvgIpc) is 3.59. The fourth-order valence-corrected chi connectivity index (χ4v) is 6.15. The molecule has 0 saturated carbocycles. The SMILES string of the molecule is CC=c1c(C)c2[nH]c1=Cc1[nH]c(c(CCC(=O)O)c1C)C=c1[nH]c(c(C)c1CCC(=O)O)=Cc1[nH]c(c(=CC)c1C)=C2. The number of carboxylic acid groups (broad SMARTS) is 2. The van der Waals surface area contributed by atoms with E-state index in [1.54, 1.807) is 0 Å². The van der Waals surface area contributed by atoms with Gasteiger partial charge in [-0.15, -0.1) is 0 Å². The van der Waals surface area contributed by atoms with Crippen LogP contribution in [0.4, 0.5) is 0 Å². The summed E-state index contributed by atoms with van der Waals surface area (Å²) in [5.41, 5.74) is 9.79. The van der Waals surface area contributed by atoms with Crippen molar-refractivity contribution >= 4 is 48.4 Å². The Bertz CT molecular complexity index is 2110. The summed E-state index contributed by atoms with van der Waals surface area (Å²) in [6, 6.07) is 0. The normalized spacial score (nSPS) is 13.4. The maximum absolute atomic E-state index is 11.5. The van der Waals surface area contributed by atoms with Crippen molar-refractivity contribution in [2.24, 2.45) is 0 Å². The van der Waals surface area contributed by atoms with Crippen LogP contribution in [0.5, 0.6) is 0 Å². The zero-order chi connectivity index (χ0) is 30.3. The van der Waals surface area contributed by atoms with Gasteiger partial charge in [0.25, 0.3) is 0 Å². The molecule has 0 unspecified atom stereocenters. The van der Waals surface area contributed by atoms with Gasteiger partial charge in [-0.05, 0) is 123 Å². The zero-order valence-electron chi connectivity index (χ0n) is 25.0. The van der Waals surface area contributed by atoms with Gasteiger partial charge in [-0.3, -0.25) is 9.59 Å². The molecular weight excluding hydrogens is 528 g/mol. The Morgan fingerprint density at radius 3 is 1.52 bits per heavy atom. The zero-order valence-corrected chi connectivity index (χ0v) is 25.0. The molecule has 6 N–H and O–H groups in total. The average molecular weight is 567 g/mol. The van der Waals surface area contributed by atoms with Gasteiger partial charge in [0, 0.05) is 57.0 Å². The van der Waals surface area contributed by atoms with Crippen molar-refractivity contribution in [3.05, 3.63) is 88.0 Å². The van der Waals surface area contributed by atoms with Gasteiger partial charge in [0.2, 0.25) is 0 Å². The van der Waals surface area contributed by atoms with Crippen molar-refractivity contribution in [3.63, 3.8) is 0 Å². The second-order valence-corrected chi connectivity index (χ2v) is 11.0. The Hall–Kier alpha value is -4.72. The number of hydrogen-bond acceptors (Lipinski definition) is 2. The highest BCUT2D eigenvalue weighted by molar-refractivity contribution is 5.69. The van der Waals surface area contributed by atoms with E-state index < -0.39 is 11.9 Å². The topological polar surface area (TPSA) is 138 Å². The maximum Gasteiger partial charge on any atom is 0.303 e. The molecule has 4 aromatic heterocycles. The molecular formula is C34H38N4O4. The van der Waals surface area contributed by atoms with E-state index in [2.05, 4.69) is 64.2 Å². The maximum atomic E-state index is 11.5. The Labute approximate surface area is 243 Å². The number of carbonyl (C=O) groups is 2. The van der Waals surface area contributed by atoms with Gasteiger partial charge in [0.05, 0.1) is 0 Å². The number of aromatic amines is 4. The summed E-state index contributed by atoms with van der Waals surface area (Å²) in [5, 5.41) is 24.9. The third-order valence-electron chi connectivity index (χ3n) is 8.55. The van der Waals surface area contributed by atoms with Crippen LogP contribution in [0.1, 0.15) is 82.8 Å². The number of hydrogen-bond donors (Lipinski definition) is 6. The molecule has 8 bridgehead atoms. The van der Waals surface area contributed by atoms with E-state index >= 15 is 0 Å². The minimum Gasteiger partial charge on any atom is -0.481 e. The smallest absolute Gasteiger partial charge is 0.303 e. The predicted octanol–water partition coefficient (Wildman–Crippen LogP) is 1.50. The van der Waals surface area contributed by atoms with E-state index in [-0.39, 0.29) is 12.8 Å². The van der Waals surface area contributed by atoms with E-state index in [1.807, 2.05) is 33.8 Å². The molecule has 1 aliphatic heterocycles. The number of aliphatic carboxylic acids is 2. The van der Waals surface area contributed by atoms with Gasteiger partial charge in [-0.25, -0.2) is 0 Å². The first kappa shape index (κ1) is 28.8. The minimum absolute atomic E-state index is 0.00727. The van der Waals surface area contributed by atoms with Gasteiger partial charge in [0.1, 0.15) is 0 Å². The van der Waals surface area contributed by atoms with Gasteiger partial charge in [-0.2, -0.15) is 0 Å². The summed E-state index contributed by atoms with van der Waals surface area (Å²) < 4.78 is 0.